The second-order valence-electron chi connectivity index (χ2n) is 2.94. The first-order valence-corrected chi connectivity index (χ1v) is 3.02. The molecule has 2 nitrogen and oxygen atoms in total. The molecule has 0 radical (unpaired) electrons. The van der Waals surface area contributed by atoms with Crippen LogP contribution in [0.2, 0.25) is 0 Å². The van der Waals surface area contributed by atoms with Crippen molar-refractivity contribution in [3.8, 4) is 0 Å². The first-order valence-electron chi connectivity index (χ1n) is 3.02. The number of ether oxygens (including phenoxy) is 1. The van der Waals surface area contributed by atoms with E-state index in [4.69, 9.17) is 10.5 Å². The van der Waals surface area contributed by atoms with Crippen LogP contribution < -0.4 is 5.73 Å². The van der Waals surface area contributed by atoms with Gasteiger partial charge in [-0.05, 0) is 13.8 Å². The SMILES string of the molecule is CC1(C)C[C@H](CN)O1. The molecule has 0 aromatic heterocycles. The Kier molecular flexibility index (Phi) is 1.29. The fourth-order valence-corrected chi connectivity index (χ4v) is 1.12. The molecule has 1 heterocycles. The Morgan fingerprint density at radius 1 is 1.75 bits per heavy atom. The van der Waals surface area contributed by atoms with E-state index in [-0.39, 0.29) is 5.60 Å². The molecule has 8 heavy (non-hydrogen) atoms. The number of rotatable bonds is 1. The second kappa shape index (κ2) is 1.71. The minimum absolute atomic E-state index is 0.115. The molecule has 0 unspecified atom stereocenters. The van der Waals surface area contributed by atoms with Crippen LogP contribution in [0.3, 0.4) is 0 Å². The topological polar surface area (TPSA) is 35.2 Å². The lowest BCUT2D eigenvalue weighted by Crippen LogP contribution is -2.49. The van der Waals surface area contributed by atoms with Crippen LogP contribution in [-0.2, 0) is 4.74 Å². The molecule has 0 aromatic rings. The third-order valence-corrected chi connectivity index (χ3v) is 1.47. The summed E-state index contributed by atoms with van der Waals surface area (Å²) in [6.07, 6.45) is 1.45. The molecule has 0 aromatic carbocycles. The van der Waals surface area contributed by atoms with Gasteiger partial charge in [-0.25, -0.2) is 0 Å². The normalized spacial score (nSPS) is 34.1. The molecule has 1 fully saturated rings. The largest absolute Gasteiger partial charge is 0.371 e. The quantitative estimate of drug-likeness (QED) is 0.540. The van der Waals surface area contributed by atoms with Crippen LogP contribution in [0.15, 0.2) is 0 Å². The van der Waals surface area contributed by atoms with Crippen LogP contribution >= 0.6 is 0 Å². The van der Waals surface area contributed by atoms with E-state index in [1.165, 1.54) is 0 Å². The summed E-state index contributed by atoms with van der Waals surface area (Å²) in [6.45, 7) is 4.84. The Labute approximate surface area is 50.0 Å². The van der Waals surface area contributed by atoms with Crippen molar-refractivity contribution >= 4 is 0 Å². The predicted octanol–water partition coefficient (Wildman–Crippen LogP) is 0.513. The van der Waals surface area contributed by atoms with Crippen LogP contribution in [0.4, 0.5) is 0 Å². The Morgan fingerprint density at radius 2 is 2.25 bits per heavy atom. The molecule has 2 heteroatoms. The maximum Gasteiger partial charge on any atom is 0.0731 e. The van der Waals surface area contributed by atoms with E-state index in [2.05, 4.69) is 13.8 Å². The molecule has 48 valence electrons. The Morgan fingerprint density at radius 3 is 2.38 bits per heavy atom. The maximum atomic E-state index is 5.35. The summed E-state index contributed by atoms with van der Waals surface area (Å²) < 4.78 is 5.35. The summed E-state index contributed by atoms with van der Waals surface area (Å²) in [5.41, 5.74) is 5.45. The van der Waals surface area contributed by atoms with Crippen molar-refractivity contribution in [2.24, 2.45) is 5.73 Å². The highest BCUT2D eigenvalue weighted by molar-refractivity contribution is 4.85. The fraction of sp³-hybridized carbons (Fsp3) is 1.00. The first-order chi connectivity index (χ1) is 3.64. The summed E-state index contributed by atoms with van der Waals surface area (Å²) in [7, 11) is 0. The fourth-order valence-electron chi connectivity index (χ4n) is 1.12. The summed E-state index contributed by atoms with van der Waals surface area (Å²) in [6, 6.07) is 0. The van der Waals surface area contributed by atoms with Gasteiger partial charge in [-0.3, -0.25) is 0 Å². The predicted molar refractivity (Wildman–Crippen MR) is 32.6 cm³/mol. The lowest BCUT2D eigenvalue weighted by molar-refractivity contribution is -0.178. The molecule has 1 aliphatic heterocycles. The van der Waals surface area contributed by atoms with Crippen molar-refractivity contribution < 1.29 is 4.74 Å². The van der Waals surface area contributed by atoms with Gasteiger partial charge in [0.2, 0.25) is 0 Å². The summed E-state index contributed by atoms with van der Waals surface area (Å²) in [5.74, 6) is 0. The highest BCUT2D eigenvalue weighted by atomic mass is 16.5. The van der Waals surface area contributed by atoms with Crippen LogP contribution in [0.5, 0.6) is 0 Å². The standard InChI is InChI=1S/C6H13NO/c1-6(2)3-5(4-7)8-6/h5H,3-4,7H2,1-2H3/t5-/m1/s1. The Balaban J connectivity index is 2.21. The van der Waals surface area contributed by atoms with Gasteiger partial charge in [0, 0.05) is 13.0 Å². The van der Waals surface area contributed by atoms with Crippen molar-refractivity contribution in [3.05, 3.63) is 0 Å². The number of hydrogen-bond acceptors (Lipinski definition) is 2. The second-order valence-corrected chi connectivity index (χ2v) is 2.94. The van der Waals surface area contributed by atoms with Crippen molar-refractivity contribution in [1.29, 1.82) is 0 Å². The van der Waals surface area contributed by atoms with E-state index < -0.39 is 0 Å². The van der Waals surface area contributed by atoms with Crippen molar-refractivity contribution in [2.75, 3.05) is 6.54 Å². The van der Waals surface area contributed by atoms with Crippen LogP contribution in [0.25, 0.3) is 0 Å². The van der Waals surface area contributed by atoms with Crippen molar-refractivity contribution in [2.45, 2.75) is 32.0 Å². The summed E-state index contributed by atoms with van der Waals surface area (Å²) in [5, 5.41) is 0. The highest BCUT2D eigenvalue weighted by Gasteiger charge is 2.35. The monoisotopic (exact) mass is 115 g/mol. The molecule has 0 spiro atoms. The van der Waals surface area contributed by atoms with E-state index in [1.54, 1.807) is 0 Å². The van der Waals surface area contributed by atoms with Crippen molar-refractivity contribution in [3.63, 3.8) is 0 Å². The average molecular weight is 115 g/mol. The lowest BCUT2D eigenvalue weighted by Gasteiger charge is -2.42. The van der Waals surface area contributed by atoms with Gasteiger partial charge >= 0.3 is 0 Å². The molecule has 1 rings (SSSR count). The van der Waals surface area contributed by atoms with Gasteiger partial charge in [-0.15, -0.1) is 0 Å². The lowest BCUT2D eigenvalue weighted by atomic mass is 9.93. The van der Waals surface area contributed by atoms with E-state index in [1.807, 2.05) is 0 Å². The molecule has 0 amide bonds. The van der Waals surface area contributed by atoms with Gasteiger partial charge in [0.05, 0.1) is 11.7 Å². The van der Waals surface area contributed by atoms with Crippen LogP contribution in [0.1, 0.15) is 20.3 Å². The third-order valence-electron chi connectivity index (χ3n) is 1.47. The molecular formula is C6H13NO. The molecule has 0 aliphatic carbocycles. The Hall–Kier alpha value is -0.0800. The smallest absolute Gasteiger partial charge is 0.0731 e. The van der Waals surface area contributed by atoms with Crippen molar-refractivity contribution in [1.82, 2.24) is 0 Å². The summed E-state index contributed by atoms with van der Waals surface area (Å²) in [4.78, 5) is 0. The Bertz CT molecular complexity index is 82.5. The van der Waals surface area contributed by atoms with Crippen LogP contribution in [-0.4, -0.2) is 18.2 Å². The molecule has 2 N–H and O–H groups in total. The minimum Gasteiger partial charge on any atom is -0.371 e. The molecule has 0 bridgehead atoms. The van der Waals surface area contributed by atoms with Gasteiger partial charge in [0.25, 0.3) is 0 Å². The third kappa shape index (κ3) is 1.01. The number of nitrogens with two attached hydrogens (primary N) is 1. The molecule has 1 aliphatic rings. The van der Waals surface area contributed by atoms with Crippen LogP contribution in [0, 0.1) is 0 Å². The highest BCUT2D eigenvalue weighted by Crippen LogP contribution is 2.30. The van der Waals surface area contributed by atoms with Gasteiger partial charge < -0.3 is 10.5 Å². The van der Waals surface area contributed by atoms with Gasteiger partial charge in [0.15, 0.2) is 0 Å². The molecule has 0 saturated carbocycles. The zero-order valence-corrected chi connectivity index (χ0v) is 5.48. The van der Waals surface area contributed by atoms with E-state index in [9.17, 15) is 0 Å². The molecule has 1 atom stereocenters. The summed E-state index contributed by atoms with van der Waals surface area (Å²) >= 11 is 0. The van der Waals surface area contributed by atoms with Gasteiger partial charge in [-0.1, -0.05) is 0 Å². The molecular weight excluding hydrogens is 102 g/mol. The number of hydrogen-bond donors (Lipinski definition) is 1. The van der Waals surface area contributed by atoms with Gasteiger partial charge in [-0.2, -0.15) is 0 Å². The van der Waals surface area contributed by atoms with Gasteiger partial charge in [0.1, 0.15) is 0 Å². The zero-order valence-electron chi connectivity index (χ0n) is 5.48. The average Bonchev–Trinajstić information content (AvgIpc) is 1.60. The van der Waals surface area contributed by atoms with E-state index >= 15 is 0 Å². The zero-order chi connectivity index (χ0) is 6.20. The van der Waals surface area contributed by atoms with E-state index in [0.29, 0.717) is 12.6 Å². The molecule has 1 saturated heterocycles. The minimum atomic E-state index is 0.115. The first kappa shape index (κ1) is 6.05. The maximum absolute atomic E-state index is 5.35. The van der Waals surface area contributed by atoms with E-state index in [0.717, 1.165) is 6.42 Å².